The Hall–Kier alpha value is -2.65. The fourth-order valence-electron chi connectivity index (χ4n) is 2.99. The third kappa shape index (κ3) is 4.50. The number of aryl methyl sites for hydroxylation is 1. The molecular weight excluding hydrogens is 351 g/mol. The molecule has 1 aliphatic heterocycles. The van der Waals surface area contributed by atoms with Crippen molar-refractivity contribution < 1.29 is 22.7 Å². The summed E-state index contributed by atoms with van der Waals surface area (Å²) in [6, 6.07) is 5.89. The van der Waals surface area contributed by atoms with Crippen molar-refractivity contribution in [3.05, 3.63) is 35.7 Å². The number of nitrogens with zero attached hydrogens (tertiary/aromatic N) is 4. The molecule has 0 spiro atoms. The van der Waals surface area contributed by atoms with Crippen LogP contribution in [0.25, 0.3) is 0 Å². The number of tetrazole rings is 1. The number of benzene rings is 1. The van der Waals surface area contributed by atoms with Gasteiger partial charge in [0.15, 0.2) is 5.82 Å². The zero-order valence-electron chi connectivity index (χ0n) is 13.9. The zero-order chi connectivity index (χ0) is 18.6. The fraction of sp³-hybridized carbons (Fsp3) is 0.500. The molecule has 0 aliphatic carbocycles. The van der Waals surface area contributed by atoms with Gasteiger partial charge in [0.2, 0.25) is 5.91 Å². The summed E-state index contributed by atoms with van der Waals surface area (Å²) in [6.07, 6.45) is -2.14. The van der Waals surface area contributed by atoms with Crippen LogP contribution in [0.4, 0.5) is 13.2 Å². The van der Waals surface area contributed by atoms with Gasteiger partial charge < -0.3 is 10.1 Å². The van der Waals surface area contributed by atoms with Crippen LogP contribution in [0, 0.1) is 0 Å². The SMILES string of the molecule is O=C(NCCc1ccccc1OC(F)(F)F)C1CCCCn2nnnc21. The topological polar surface area (TPSA) is 81.9 Å². The van der Waals surface area contributed by atoms with E-state index < -0.39 is 12.3 Å². The molecule has 7 nitrogen and oxygen atoms in total. The summed E-state index contributed by atoms with van der Waals surface area (Å²) in [7, 11) is 0. The molecule has 0 fully saturated rings. The van der Waals surface area contributed by atoms with Crippen LogP contribution < -0.4 is 10.1 Å². The van der Waals surface area contributed by atoms with Crippen LogP contribution >= 0.6 is 0 Å². The molecule has 0 saturated heterocycles. The lowest BCUT2D eigenvalue weighted by atomic mass is 10.0. The second-order valence-electron chi connectivity index (χ2n) is 6.01. The Bertz CT molecular complexity index is 762. The van der Waals surface area contributed by atoms with Crippen molar-refractivity contribution in [2.45, 2.75) is 44.5 Å². The van der Waals surface area contributed by atoms with Crippen molar-refractivity contribution in [1.29, 1.82) is 0 Å². The van der Waals surface area contributed by atoms with E-state index in [1.54, 1.807) is 16.8 Å². The van der Waals surface area contributed by atoms with E-state index in [4.69, 9.17) is 0 Å². The molecule has 0 bridgehead atoms. The number of ether oxygens (including phenoxy) is 1. The Kier molecular flexibility index (Phi) is 5.38. The average Bonchev–Trinajstić information content (AvgIpc) is 2.94. The first-order valence-electron chi connectivity index (χ1n) is 8.31. The van der Waals surface area contributed by atoms with Gasteiger partial charge >= 0.3 is 6.36 Å². The van der Waals surface area contributed by atoms with E-state index >= 15 is 0 Å². The number of alkyl halides is 3. The Morgan fingerprint density at radius 3 is 2.92 bits per heavy atom. The Balaban J connectivity index is 1.60. The summed E-state index contributed by atoms with van der Waals surface area (Å²) in [6.45, 7) is 0.864. The number of amides is 1. The number of fused-ring (bicyclic) bond motifs is 1. The lowest BCUT2D eigenvalue weighted by Gasteiger charge is -2.15. The lowest BCUT2D eigenvalue weighted by molar-refractivity contribution is -0.274. The molecule has 2 heterocycles. The summed E-state index contributed by atoms with van der Waals surface area (Å²) in [5.41, 5.74) is 0.371. The van der Waals surface area contributed by atoms with Crippen LogP contribution in [-0.2, 0) is 17.8 Å². The Labute approximate surface area is 147 Å². The second-order valence-corrected chi connectivity index (χ2v) is 6.01. The first kappa shape index (κ1) is 18.2. The first-order chi connectivity index (χ1) is 12.4. The Morgan fingerprint density at radius 2 is 2.12 bits per heavy atom. The smallest absolute Gasteiger partial charge is 0.406 e. The number of hydrogen-bond donors (Lipinski definition) is 1. The molecule has 1 N–H and O–H groups in total. The highest BCUT2D eigenvalue weighted by molar-refractivity contribution is 5.82. The van der Waals surface area contributed by atoms with Crippen LogP contribution in [0.3, 0.4) is 0 Å². The van der Waals surface area contributed by atoms with E-state index in [0.717, 1.165) is 12.8 Å². The minimum absolute atomic E-state index is 0.190. The van der Waals surface area contributed by atoms with Crippen LogP contribution in [0.2, 0.25) is 0 Å². The molecule has 0 saturated carbocycles. The number of nitrogens with one attached hydrogen (secondary N) is 1. The van der Waals surface area contributed by atoms with Crippen LogP contribution in [0.5, 0.6) is 5.75 Å². The highest BCUT2D eigenvalue weighted by Crippen LogP contribution is 2.27. The summed E-state index contributed by atoms with van der Waals surface area (Å²) in [5.74, 6) is -0.403. The lowest BCUT2D eigenvalue weighted by Crippen LogP contribution is -2.32. The number of para-hydroxylation sites is 1. The molecule has 1 amide bonds. The van der Waals surface area contributed by atoms with Gasteiger partial charge in [0.05, 0.1) is 5.92 Å². The molecule has 1 aromatic heterocycles. The summed E-state index contributed by atoms with van der Waals surface area (Å²) in [4.78, 5) is 12.5. The highest BCUT2D eigenvalue weighted by Gasteiger charge is 2.32. The predicted molar refractivity (Wildman–Crippen MR) is 84.2 cm³/mol. The maximum absolute atomic E-state index is 12.5. The molecule has 1 unspecified atom stereocenters. The van der Waals surface area contributed by atoms with Gasteiger partial charge in [-0.1, -0.05) is 24.6 Å². The van der Waals surface area contributed by atoms with E-state index in [0.29, 0.717) is 24.4 Å². The monoisotopic (exact) mass is 369 g/mol. The molecule has 1 atom stereocenters. The maximum atomic E-state index is 12.5. The fourth-order valence-corrected chi connectivity index (χ4v) is 2.99. The normalized spacial score (nSPS) is 17.3. The van der Waals surface area contributed by atoms with E-state index in [9.17, 15) is 18.0 Å². The summed E-state index contributed by atoms with van der Waals surface area (Å²) < 4.78 is 43.0. The number of hydrogen-bond acceptors (Lipinski definition) is 5. The molecule has 26 heavy (non-hydrogen) atoms. The van der Waals surface area contributed by atoms with Gasteiger partial charge in [0.25, 0.3) is 0 Å². The summed E-state index contributed by atoms with van der Waals surface area (Å²) in [5, 5.41) is 14.2. The standard InChI is InChI=1S/C16H18F3N5O2/c17-16(18,19)26-13-7-2-1-5-11(13)8-9-20-15(25)12-6-3-4-10-24-14(12)21-22-23-24/h1-2,5,7,12H,3-4,6,8-10H2,(H,20,25). The third-order valence-corrected chi connectivity index (χ3v) is 4.19. The number of carbonyl (C=O) groups is 1. The van der Waals surface area contributed by atoms with Crippen LogP contribution in [0.1, 0.15) is 36.6 Å². The van der Waals surface area contributed by atoms with Gasteiger partial charge in [0.1, 0.15) is 5.75 Å². The van der Waals surface area contributed by atoms with Crippen LogP contribution in [0.15, 0.2) is 24.3 Å². The van der Waals surface area contributed by atoms with Gasteiger partial charge in [-0.15, -0.1) is 18.3 Å². The number of aromatic nitrogens is 4. The molecule has 10 heteroatoms. The number of rotatable bonds is 5. The van der Waals surface area contributed by atoms with E-state index in [2.05, 4.69) is 25.6 Å². The van der Waals surface area contributed by atoms with Gasteiger partial charge in [-0.25, -0.2) is 4.68 Å². The molecular formula is C16H18F3N5O2. The number of halogens is 3. The minimum Gasteiger partial charge on any atom is -0.406 e. The third-order valence-electron chi connectivity index (χ3n) is 4.19. The van der Waals surface area contributed by atoms with E-state index in [1.165, 1.54) is 12.1 Å². The van der Waals surface area contributed by atoms with Gasteiger partial charge in [-0.05, 0) is 41.3 Å². The zero-order valence-corrected chi connectivity index (χ0v) is 13.9. The molecule has 1 aromatic carbocycles. The van der Waals surface area contributed by atoms with E-state index in [-0.39, 0.29) is 24.6 Å². The largest absolute Gasteiger partial charge is 0.573 e. The van der Waals surface area contributed by atoms with Crippen molar-refractivity contribution in [2.24, 2.45) is 0 Å². The molecule has 140 valence electrons. The van der Waals surface area contributed by atoms with Crippen molar-refractivity contribution in [2.75, 3.05) is 6.54 Å². The summed E-state index contributed by atoms with van der Waals surface area (Å²) >= 11 is 0. The van der Waals surface area contributed by atoms with Crippen molar-refractivity contribution >= 4 is 5.91 Å². The van der Waals surface area contributed by atoms with Gasteiger partial charge in [-0.3, -0.25) is 4.79 Å². The Morgan fingerprint density at radius 1 is 1.31 bits per heavy atom. The molecule has 3 rings (SSSR count). The second kappa shape index (κ2) is 7.71. The predicted octanol–water partition coefficient (Wildman–Crippen LogP) is 2.20. The van der Waals surface area contributed by atoms with Crippen molar-refractivity contribution in [1.82, 2.24) is 25.5 Å². The molecule has 0 radical (unpaired) electrons. The van der Waals surface area contributed by atoms with Crippen LogP contribution in [-0.4, -0.2) is 39.0 Å². The molecule has 2 aromatic rings. The van der Waals surface area contributed by atoms with Gasteiger partial charge in [-0.2, -0.15) is 0 Å². The van der Waals surface area contributed by atoms with Crippen molar-refractivity contribution in [3.8, 4) is 5.75 Å². The minimum atomic E-state index is -4.75. The maximum Gasteiger partial charge on any atom is 0.573 e. The highest BCUT2D eigenvalue weighted by atomic mass is 19.4. The number of carbonyl (C=O) groups excluding carboxylic acids is 1. The van der Waals surface area contributed by atoms with E-state index in [1.807, 2.05) is 0 Å². The average molecular weight is 369 g/mol. The first-order valence-corrected chi connectivity index (χ1v) is 8.31. The quantitative estimate of drug-likeness (QED) is 0.874. The molecule has 1 aliphatic rings. The van der Waals surface area contributed by atoms with Crippen molar-refractivity contribution in [3.63, 3.8) is 0 Å². The van der Waals surface area contributed by atoms with Gasteiger partial charge in [0, 0.05) is 13.1 Å².